The van der Waals surface area contributed by atoms with E-state index in [1.807, 2.05) is 12.1 Å². The zero-order chi connectivity index (χ0) is 14.6. The number of ether oxygens (including phenoxy) is 1. The smallest absolute Gasteiger partial charge is 0.191 e. The van der Waals surface area contributed by atoms with Crippen LogP contribution < -0.4 is 10.6 Å². The van der Waals surface area contributed by atoms with Crippen molar-refractivity contribution >= 4 is 29.9 Å². The van der Waals surface area contributed by atoms with Crippen LogP contribution in [0, 0.1) is 5.41 Å². The van der Waals surface area contributed by atoms with Gasteiger partial charge >= 0.3 is 0 Å². The summed E-state index contributed by atoms with van der Waals surface area (Å²) in [5.41, 5.74) is 0.121. The van der Waals surface area contributed by atoms with Crippen molar-refractivity contribution in [1.82, 2.24) is 10.6 Å². The van der Waals surface area contributed by atoms with E-state index in [0.717, 1.165) is 24.7 Å². The van der Waals surface area contributed by atoms with Gasteiger partial charge < -0.3 is 19.8 Å². The molecule has 0 aliphatic heterocycles. The van der Waals surface area contributed by atoms with Crippen molar-refractivity contribution in [3.63, 3.8) is 0 Å². The average molecular weight is 407 g/mol. The van der Waals surface area contributed by atoms with E-state index in [-0.39, 0.29) is 29.4 Å². The Hall–Kier alpha value is -0.760. The van der Waals surface area contributed by atoms with Crippen LogP contribution in [0.25, 0.3) is 0 Å². The second-order valence-corrected chi connectivity index (χ2v) is 5.75. The SMILES string of the molecule is CCNC(=NCc1ccco1)NC1CC(OC)C1(C)C.I. The largest absolute Gasteiger partial charge is 0.467 e. The molecule has 6 heteroatoms. The first-order valence-corrected chi connectivity index (χ1v) is 7.18. The molecule has 2 atom stereocenters. The van der Waals surface area contributed by atoms with Crippen LogP contribution >= 0.6 is 24.0 Å². The Morgan fingerprint density at radius 3 is 2.81 bits per heavy atom. The van der Waals surface area contributed by atoms with E-state index in [1.54, 1.807) is 13.4 Å². The fraction of sp³-hybridized carbons (Fsp3) is 0.667. The van der Waals surface area contributed by atoms with E-state index in [0.29, 0.717) is 18.7 Å². The summed E-state index contributed by atoms with van der Waals surface area (Å²) in [6, 6.07) is 4.19. The van der Waals surface area contributed by atoms with E-state index >= 15 is 0 Å². The highest BCUT2D eigenvalue weighted by Gasteiger charge is 2.48. The quantitative estimate of drug-likeness (QED) is 0.448. The van der Waals surface area contributed by atoms with E-state index in [4.69, 9.17) is 9.15 Å². The number of methoxy groups -OCH3 is 1. The van der Waals surface area contributed by atoms with E-state index < -0.39 is 0 Å². The summed E-state index contributed by atoms with van der Waals surface area (Å²) in [6.07, 6.45) is 2.99. The number of hydrogen-bond donors (Lipinski definition) is 2. The summed E-state index contributed by atoms with van der Waals surface area (Å²) in [5.74, 6) is 1.70. The van der Waals surface area contributed by atoms with Gasteiger partial charge in [0, 0.05) is 25.1 Å². The molecule has 120 valence electrons. The Labute approximate surface area is 143 Å². The number of hydrogen-bond acceptors (Lipinski definition) is 3. The standard InChI is InChI=1S/C15H25N3O2.HI/c1-5-16-14(17-10-11-7-6-8-20-11)18-12-9-13(19-4)15(12,2)3;/h6-8,12-13H,5,9-10H2,1-4H3,(H2,16,17,18);1H. The minimum absolute atomic E-state index is 0. The van der Waals surface area contributed by atoms with E-state index in [1.165, 1.54) is 0 Å². The number of nitrogens with one attached hydrogen (secondary N) is 2. The molecule has 1 aliphatic carbocycles. The van der Waals surface area contributed by atoms with Gasteiger partial charge in [0.1, 0.15) is 12.3 Å². The molecule has 21 heavy (non-hydrogen) atoms. The Morgan fingerprint density at radius 1 is 1.52 bits per heavy atom. The molecular weight excluding hydrogens is 381 g/mol. The minimum Gasteiger partial charge on any atom is -0.467 e. The number of guanidine groups is 1. The maximum absolute atomic E-state index is 5.48. The zero-order valence-electron chi connectivity index (χ0n) is 13.2. The second-order valence-electron chi connectivity index (χ2n) is 5.75. The van der Waals surface area contributed by atoms with E-state index in [2.05, 4.69) is 36.4 Å². The summed E-state index contributed by atoms with van der Waals surface area (Å²) in [6.45, 7) is 7.89. The van der Waals surface area contributed by atoms with Crippen LogP contribution in [-0.4, -0.2) is 31.8 Å². The van der Waals surface area contributed by atoms with Crippen molar-refractivity contribution in [3.8, 4) is 0 Å². The van der Waals surface area contributed by atoms with Crippen molar-refractivity contribution in [3.05, 3.63) is 24.2 Å². The van der Waals surface area contributed by atoms with Gasteiger partial charge in [-0.2, -0.15) is 0 Å². The monoisotopic (exact) mass is 407 g/mol. The van der Waals surface area contributed by atoms with Crippen LogP contribution in [0.1, 0.15) is 33.0 Å². The molecule has 0 bridgehead atoms. The first-order chi connectivity index (χ1) is 9.57. The van der Waals surface area contributed by atoms with Gasteiger partial charge in [0.2, 0.25) is 0 Å². The lowest BCUT2D eigenvalue weighted by Crippen LogP contribution is -2.63. The average Bonchev–Trinajstić information content (AvgIpc) is 2.93. The Balaban J connectivity index is 0.00000220. The molecule has 0 spiro atoms. The fourth-order valence-corrected chi connectivity index (χ4v) is 2.57. The van der Waals surface area contributed by atoms with Gasteiger partial charge in [0.15, 0.2) is 5.96 Å². The van der Waals surface area contributed by atoms with E-state index in [9.17, 15) is 0 Å². The van der Waals surface area contributed by atoms with Gasteiger partial charge in [-0.15, -0.1) is 24.0 Å². The van der Waals surface area contributed by atoms with Gasteiger partial charge in [0.25, 0.3) is 0 Å². The predicted molar refractivity (Wildman–Crippen MR) is 95.1 cm³/mol. The Bertz CT molecular complexity index is 446. The molecule has 1 heterocycles. The molecule has 1 aliphatic rings. The fourth-order valence-electron chi connectivity index (χ4n) is 2.57. The topological polar surface area (TPSA) is 58.8 Å². The van der Waals surface area contributed by atoms with Crippen LogP contribution in [-0.2, 0) is 11.3 Å². The first kappa shape index (κ1) is 18.3. The molecular formula is C15H26IN3O2. The molecule has 1 fully saturated rings. The molecule has 0 saturated heterocycles. The third-order valence-electron chi connectivity index (χ3n) is 4.09. The number of nitrogens with zero attached hydrogens (tertiary/aromatic N) is 1. The lowest BCUT2D eigenvalue weighted by molar-refractivity contribution is -0.0922. The van der Waals surface area contributed by atoms with Gasteiger partial charge in [-0.05, 0) is 25.5 Å². The third-order valence-corrected chi connectivity index (χ3v) is 4.09. The molecule has 1 saturated carbocycles. The summed E-state index contributed by atoms with van der Waals surface area (Å²) in [7, 11) is 1.78. The van der Waals surface area contributed by atoms with Crippen LogP contribution in [0.5, 0.6) is 0 Å². The molecule has 1 aromatic heterocycles. The van der Waals surface area contributed by atoms with Crippen molar-refractivity contribution in [2.24, 2.45) is 10.4 Å². The maximum atomic E-state index is 5.48. The zero-order valence-corrected chi connectivity index (χ0v) is 15.5. The number of furan rings is 1. The lowest BCUT2D eigenvalue weighted by Gasteiger charge is -2.51. The third kappa shape index (κ3) is 4.35. The normalized spacial score (nSPS) is 23.9. The number of halogens is 1. The maximum Gasteiger partial charge on any atom is 0.191 e. The second kappa shape index (κ2) is 8.03. The van der Waals surface area contributed by atoms with Gasteiger partial charge in [-0.3, -0.25) is 0 Å². The molecule has 0 amide bonds. The van der Waals surface area contributed by atoms with Crippen LogP contribution in [0.2, 0.25) is 0 Å². The minimum atomic E-state index is 0. The van der Waals surface area contributed by atoms with Gasteiger partial charge in [-0.1, -0.05) is 13.8 Å². The highest BCUT2D eigenvalue weighted by Crippen LogP contribution is 2.42. The predicted octanol–water partition coefficient (Wildman–Crippen LogP) is 2.77. The van der Waals surface area contributed by atoms with Crippen LogP contribution in [0.3, 0.4) is 0 Å². The molecule has 0 radical (unpaired) electrons. The summed E-state index contributed by atoms with van der Waals surface area (Å²) in [4.78, 5) is 4.55. The molecule has 2 rings (SSSR count). The summed E-state index contributed by atoms with van der Waals surface area (Å²) in [5, 5.41) is 6.76. The number of rotatable bonds is 5. The Kier molecular flexibility index (Phi) is 6.99. The molecule has 2 unspecified atom stereocenters. The highest BCUT2D eigenvalue weighted by molar-refractivity contribution is 14.0. The van der Waals surface area contributed by atoms with Crippen molar-refractivity contribution in [2.75, 3.05) is 13.7 Å². The first-order valence-electron chi connectivity index (χ1n) is 7.18. The highest BCUT2D eigenvalue weighted by atomic mass is 127. The van der Waals surface area contributed by atoms with Crippen LogP contribution in [0.4, 0.5) is 0 Å². The lowest BCUT2D eigenvalue weighted by atomic mass is 9.64. The molecule has 2 N–H and O–H groups in total. The Morgan fingerprint density at radius 2 is 2.29 bits per heavy atom. The molecule has 0 aromatic carbocycles. The van der Waals surface area contributed by atoms with Gasteiger partial charge in [-0.25, -0.2) is 4.99 Å². The van der Waals surface area contributed by atoms with Crippen molar-refractivity contribution in [2.45, 2.75) is 45.9 Å². The molecule has 5 nitrogen and oxygen atoms in total. The number of aliphatic imine (C=N–C) groups is 1. The van der Waals surface area contributed by atoms with Crippen LogP contribution in [0.15, 0.2) is 27.8 Å². The summed E-state index contributed by atoms with van der Waals surface area (Å²) < 4.78 is 10.8. The van der Waals surface area contributed by atoms with Crippen molar-refractivity contribution < 1.29 is 9.15 Å². The van der Waals surface area contributed by atoms with Gasteiger partial charge in [0.05, 0.1) is 12.4 Å². The molecule has 1 aromatic rings. The van der Waals surface area contributed by atoms with Crippen molar-refractivity contribution in [1.29, 1.82) is 0 Å². The summed E-state index contributed by atoms with van der Waals surface area (Å²) >= 11 is 0.